The van der Waals surface area contributed by atoms with Crippen LogP contribution in [0.2, 0.25) is 0 Å². The number of imidazole rings is 1. The van der Waals surface area contributed by atoms with Gasteiger partial charge >= 0.3 is 0 Å². The first-order valence-electron chi connectivity index (χ1n) is 8.31. The van der Waals surface area contributed by atoms with Crippen molar-refractivity contribution >= 4 is 40.1 Å². The van der Waals surface area contributed by atoms with Crippen molar-refractivity contribution in [2.24, 2.45) is 0 Å². The standard InChI is InChI=1S/C18H18N4O4S/c1-3-26-14-8-9-15-16(10-14)21-18(20-15)27-11(2)17(23)19-12-4-6-13(7-5-12)22(24)25/h4-11H,3H2,1-2H3,(H,19,23)(H,20,21). The number of aromatic nitrogens is 2. The number of nitrogens with zero attached hydrogens (tertiary/aromatic N) is 2. The molecule has 3 aromatic rings. The molecule has 0 aliphatic rings. The maximum atomic E-state index is 12.4. The number of thioether (sulfide) groups is 1. The van der Waals surface area contributed by atoms with Crippen molar-refractivity contribution in [1.82, 2.24) is 9.97 Å². The van der Waals surface area contributed by atoms with Gasteiger partial charge in [0.25, 0.3) is 5.69 Å². The molecule has 1 amide bonds. The first-order valence-corrected chi connectivity index (χ1v) is 9.18. The molecular formula is C18H18N4O4S. The van der Waals surface area contributed by atoms with Gasteiger partial charge in [-0.3, -0.25) is 14.9 Å². The lowest BCUT2D eigenvalue weighted by Crippen LogP contribution is -2.22. The fraction of sp³-hybridized carbons (Fsp3) is 0.222. The molecule has 0 spiro atoms. The van der Waals surface area contributed by atoms with Gasteiger partial charge in [-0.15, -0.1) is 0 Å². The Morgan fingerprint density at radius 1 is 1.33 bits per heavy atom. The van der Waals surface area contributed by atoms with Gasteiger partial charge in [0.1, 0.15) is 5.75 Å². The summed E-state index contributed by atoms with van der Waals surface area (Å²) in [4.78, 5) is 30.2. The Morgan fingerprint density at radius 3 is 2.74 bits per heavy atom. The number of benzene rings is 2. The lowest BCUT2D eigenvalue weighted by Gasteiger charge is -2.10. The predicted molar refractivity (Wildman–Crippen MR) is 104 cm³/mol. The molecule has 1 heterocycles. The van der Waals surface area contributed by atoms with E-state index in [1.54, 1.807) is 6.92 Å². The number of aromatic amines is 1. The highest BCUT2D eigenvalue weighted by atomic mass is 32.2. The minimum Gasteiger partial charge on any atom is -0.494 e. The number of rotatable bonds is 7. The Kier molecular flexibility index (Phi) is 5.60. The van der Waals surface area contributed by atoms with Crippen molar-refractivity contribution in [3.63, 3.8) is 0 Å². The van der Waals surface area contributed by atoms with E-state index in [-0.39, 0.29) is 11.6 Å². The summed E-state index contributed by atoms with van der Waals surface area (Å²) in [5.74, 6) is 0.540. The van der Waals surface area contributed by atoms with E-state index in [4.69, 9.17) is 4.74 Å². The number of nitrogens with one attached hydrogen (secondary N) is 2. The third-order valence-electron chi connectivity index (χ3n) is 3.75. The minimum atomic E-state index is -0.484. The van der Waals surface area contributed by atoms with E-state index in [0.717, 1.165) is 16.8 Å². The third-order valence-corrected chi connectivity index (χ3v) is 4.73. The Hall–Kier alpha value is -3.07. The molecule has 27 heavy (non-hydrogen) atoms. The number of carbonyl (C=O) groups is 1. The molecule has 140 valence electrons. The largest absolute Gasteiger partial charge is 0.494 e. The minimum absolute atomic E-state index is 0.0240. The van der Waals surface area contributed by atoms with Crippen LogP contribution in [0.1, 0.15) is 13.8 Å². The SMILES string of the molecule is CCOc1ccc2nc(SC(C)C(=O)Nc3ccc([N+](=O)[O-])cc3)[nH]c2c1. The number of H-pyrrole nitrogens is 1. The molecule has 0 bridgehead atoms. The van der Waals surface area contributed by atoms with Crippen molar-refractivity contribution in [3.05, 3.63) is 52.6 Å². The van der Waals surface area contributed by atoms with Gasteiger partial charge in [-0.25, -0.2) is 4.98 Å². The second-order valence-electron chi connectivity index (χ2n) is 5.71. The summed E-state index contributed by atoms with van der Waals surface area (Å²) in [7, 11) is 0. The molecule has 3 rings (SSSR count). The first kappa shape index (κ1) is 18.7. The monoisotopic (exact) mass is 386 g/mol. The first-order chi connectivity index (χ1) is 13.0. The lowest BCUT2D eigenvalue weighted by atomic mass is 10.3. The highest BCUT2D eigenvalue weighted by Crippen LogP contribution is 2.26. The van der Waals surface area contributed by atoms with Gasteiger partial charge in [0.05, 0.1) is 27.8 Å². The van der Waals surface area contributed by atoms with Crippen molar-refractivity contribution < 1.29 is 14.5 Å². The van der Waals surface area contributed by atoms with Gasteiger partial charge in [0.2, 0.25) is 5.91 Å². The summed E-state index contributed by atoms with van der Waals surface area (Å²) in [6.45, 7) is 4.27. The number of hydrogen-bond acceptors (Lipinski definition) is 6. The van der Waals surface area contributed by atoms with Gasteiger partial charge in [-0.1, -0.05) is 11.8 Å². The number of nitro benzene ring substituents is 1. The maximum absolute atomic E-state index is 12.4. The number of ether oxygens (including phenoxy) is 1. The average molecular weight is 386 g/mol. The smallest absolute Gasteiger partial charge is 0.269 e. The van der Waals surface area contributed by atoms with Crippen LogP contribution in [-0.2, 0) is 4.79 Å². The number of hydrogen-bond donors (Lipinski definition) is 2. The molecule has 1 unspecified atom stereocenters. The van der Waals surface area contributed by atoms with Crippen LogP contribution in [0.3, 0.4) is 0 Å². The molecule has 0 aliphatic carbocycles. The Bertz CT molecular complexity index is 971. The summed E-state index contributed by atoms with van der Waals surface area (Å²) < 4.78 is 5.47. The van der Waals surface area contributed by atoms with E-state index in [1.807, 2.05) is 25.1 Å². The molecule has 1 atom stereocenters. The highest BCUT2D eigenvalue weighted by molar-refractivity contribution is 8.00. The number of non-ortho nitro benzene ring substituents is 1. The zero-order valence-electron chi connectivity index (χ0n) is 14.8. The van der Waals surface area contributed by atoms with E-state index in [0.29, 0.717) is 17.5 Å². The van der Waals surface area contributed by atoms with Crippen molar-refractivity contribution in [1.29, 1.82) is 0 Å². The van der Waals surface area contributed by atoms with Gasteiger partial charge in [-0.05, 0) is 38.1 Å². The normalized spacial score (nSPS) is 11.9. The Balaban J connectivity index is 1.65. The summed E-state index contributed by atoms with van der Waals surface area (Å²) in [5, 5.41) is 13.6. The van der Waals surface area contributed by atoms with Gasteiger partial charge in [-0.2, -0.15) is 0 Å². The molecule has 0 fully saturated rings. The molecule has 8 nitrogen and oxygen atoms in total. The second-order valence-corrected chi connectivity index (χ2v) is 7.04. The van der Waals surface area contributed by atoms with Gasteiger partial charge in [0, 0.05) is 23.9 Å². The number of fused-ring (bicyclic) bond motifs is 1. The maximum Gasteiger partial charge on any atom is 0.269 e. The highest BCUT2D eigenvalue weighted by Gasteiger charge is 2.17. The Labute approximate surface area is 159 Å². The van der Waals surface area contributed by atoms with E-state index in [9.17, 15) is 14.9 Å². The number of anilines is 1. The zero-order chi connectivity index (χ0) is 19.4. The molecular weight excluding hydrogens is 368 g/mol. The fourth-order valence-electron chi connectivity index (χ4n) is 2.41. The van der Waals surface area contributed by atoms with E-state index in [1.165, 1.54) is 36.0 Å². The number of amides is 1. The van der Waals surface area contributed by atoms with Crippen LogP contribution in [0.5, 0.6) is 5.75 Å². The van der Waals surface area contributed by atoms with Crippen molar-refractivity contribution in [2.75, 3.05) is 11.9 Å². The number of nitro groups is 1. The second kappa shape index (κ2) is 8.09. The van der Waals surface area contributed by atoms with Gasteiger partial charge < -0.3 is 15.0 Å². The molecule has 2 N–H and O–H groups in total. The zero-order valence-corrected chi connectivity index (χ0v) is 15.6. The molecule has 0 saturated heterocycles. The van der Waals surface area contributed by atoms with E-state index in [2.05, 4.69) is 15.3 Å². The van der Waals surface area contributed by atoms with Crippen LogP contribution < -0.4 is 10.1 Å². The molecule has 0 radical (unpaired) electrons. The van der Waals surface area contributed by atoms with Crippen LogP contribution >= 0.6 is 11.8 Å². The summed E-state index contributed by atoms with van der Waals surface area (Å²) >= 11 is 1.30. The van der Waals surface area contributed by atoms with Crippen LogP contribution in [0.15, 0.2) is 47.6 Å². The van der Waals surface area contributed by atoms with Crippen LogP contribution in [-0.4, -0.2) is 32.7 Å². The summed E-state index contributed by atoms with van der Waals surface area (Å²) in [6.07, 6.45) is 0. The topological polar surface area (TPSA) is 110 Å². The van der Waals surface area contributed by atoms with E-state index >= 15 is 0 Å². The molecule has 9 heteroatoms. The molecule has 0 saturated carbocycles. The quantitative estimate of drug-likeness (QED) is 0.361. The van der Waals surface area contributed by atoms with E-state index < -0.39 is 10.2 Å². The summed E-state index contributed by atoms with van der Waals surface area (Å²) in [6, 6.07) is 11.3. The number of carbonyl (C=O) groups excluding carboxylic acids is 1. The molecule has 0 aliphatic heterocycles. The molecule has 2 aromatic carbocycles. The Morgan fingerprint density at radius 2 is 2.07 bits per heavy atom. The average Bonchev–Trinajstić information content (AvgIpc) is 3.03. The lowest BCUT2D eigenvalue weighted by molar-refractivity contribution is -0.384. The van der Waals surface area contributed by atoms with Gasteiger partial charge in [0.15, 0.2) is 5.16 Å². The molecule has 1 aromatic heterocycles. The van der Waals surface area contributed by atoms with Crippen LogP contribution in [0.4, 0.5) is 11.4 Å². The fourth-order valence-corrected chi connectivity index (χ4v) is 3.23. The van der Waals surface area contributed by atoms with Crippen LogP contribution in [0, 0.1) is 10.1 Å². The van der Waals surface area contributed by atoms with Crippen LogP contribution in [0.25, 0.3) is 11.0 Å². The van der Waals surface area contributed by atoms with Crippen molar-refractivity contribution in [2.45, 2.75) is 24.3 Å². The predicted octanol–water partition coefficient (Wildman–Crippen LogP) is 3.99. The summed E-state index contributed by atoms with van der Waals surface area (Å²) in [5.41, 5.74) is 2.11. The van der Waals surface area contributed by atoms with Crippen molar-refractivity contribution in [3.8, 4) is 5.75 Å². The third kappa shape index (κ3) is 4.56.